The summed E-state index contributed by atoms with van der Waals surface area (Å²) in [4.78, 5) is 32.6. The third kappa shape index (κ3) is 38.5. The minimum Gasteiger partial charge on any atom is -0.476 e. The van der Waals surface area contributed by atoms with Gasteiger partial charge in [-0.2, -0.15) is 0 Å². The molecule has 17 nitrogen and oxygen atoms in total. The molecule has 0 unspecified atom stereocenters. The van der Waals surface area contributed by atoms with Crippen LogP contribution >= 0.6 is 0 Å². The molecule has 0 aromatic rings. The van der Waals surface area contributed by atoms with Crippen molar-refractivity contribution in [2.24, 2.45) is 0 Å². The summed E-state index contributed by atoms with van der Waals surface area (Å²) in [6.45, 7) is 10.6. The molecular formula is C30H56O17. The summed E-state index contributed by atoms with van der Waals surface area (Å²) in [5.41, 5.74) is 0. The van der Waals surface area contributed by atoms with Crippen LogP contribution in [0.4, 0.5) is 0 Å². The van der Waals surface area contributed by atoms with Crippen LogP contribution in [0.5, 0.6) is 0 Å². The molecule has 0 atom stereocenters. The average Bonchev–Trinajstić information content (AvgIpc) is 3.06. The normalized spacial score (nSPS) is 11.3. The number of ether oxygens (including phenoxy) is 13. The van der Waals surface area contributed by atoms with Crippen molar-refractivity contribution in [1.82, 2.24) is 0 Å². The SMILES string of the molecule is COCCOCCOCCOCCOCCOCCOCCOCCOCCOCCOCCOCCOC(=O)CCC(=O)C(=O)O. The first-order valence-electron chi connectivity index (χ1n) is 15.8. The van der Waals surface area contributed by atoms with Crippen molar-refractivity contribution in [1.29, 1.82) is 0 Å². The van der Waals surface area contributed by atoms with Crippen LogP contribution in [0.2, 0.25) is 0 Å². The van der Waals surface area contributed by atoms with E-state index in [0.29, 0.717) is 145 Å². The minimum absolute atomic E-state index is 0.0131. The largest absolute Gasteiger partial charge is 0.476 e. The number of esters is 1. The number of aliphatic carboxylic acids is 1. The second kappa shape index (κ2) is 38.6. The Morgan fingerprint density at radius 1 is 0.362 bits per heavy atom. The third-order valence-electron chi connectivity index (χ3n) is 5.44. The lowest BCUT2D eigenvalue weighted by atomic mass is 10.2. The van der Waals surface area contributed by atoms with E-state index in [4.69, 9.17) is 66.7 Å². The van der Waals surface area contributed by atoms with Crippen LogP contribution in [-0.2, 0) is 76.0 Å². The van der Waals surface area contributed by atoms with Crippen LogP contribution in [0.1, 0.15) is 12.8 Å². The Morgan fingerprint density at radius 2 is 0.596 bits per heavy atom. The zero-order valence-corrected chi connectivity index (χ0v) is 27.9. The first-order valence-corrected chi connectivity index (χ1v) is 15.8. The maximum Gasteiger partial charge on any atom is 0.372 e. The Labute approximate surface area is 277 Å². The lowest BCUT2D eigenvalue weighted by Gasteiger charge is -2.09. The highest BCUT2D eigenvalue weighted by molar-refractivity contribution is 6.32. The molecule has 0 radical (unpaired) electrons. The van der Waals surface area contributed by atoms with E-state index in [1.807, 2.05) is 0 Å². The van der Waals surface area contributed by atoms with Gasteiger partial charge in [-0.15, -0.1) is 0 Å². The van der Waals surface area contributed by atoms with E-state index in [1.54, 1.807) is 7.11 Å². The average molecular weight is 689 g/mol. The van der Waals surface area contributed by atoms with Gasteiger partial charge in [-0.05, 0) is 0 Å². The molecule has 0 saturated carbocycles. The number of rotatable bonds is 40. The fraction of sp³-hybridized carbons (Fsp3) is 0.900. The summed E-state index contributed by atoms with van der Waals surface area (Å²) >= 11 is 0. The molecule has 0 aromatic heterocycles. The van der Waals surface area contributed by atoms with Gasteiger partial charge in [0.2, 0.25) is 5.78 Å². The zero-order chi connectivity index (χ0) is 34.3. The topological polar surface area (TPSA) is 191 Å². The second-order valence-corrected chi connectivity index (χ2v) is 9.18. The van der Waals surface area contributed by atoms with Crippen LogP contribution in [0.15, 0.2) is 0 Å². The van der Waals surface area contributed by atoms with E-state index < -0.39 is 17.7 Å². The Bertz CT molecular complexity index is 697. The molecule has 0 amide bonds. The molecular weight excluding hydrogens is 632 g/mol. The second-order valence-electron chi connectivity index (χ2n) is 9.18. The highest BCUT2D eigenvalue weighted by atomic mass is 16.6. The minimum atomic E-state index is -1.56. The molecule has 0 aliphatic heterocycles. The van der Waals surface area contributed by atoms with Crippen LogP contribution < -0.4 is 0 Å². The Hall–Kier alpha value is -1.87. The summed E-state index contributed by atoms with van der Waals surface area (Å²) in [6, 6.07) is 0. The van der Waals surface area contributed by atoms with Gasteiger partial charge in [-0.1, -0.05) is 0 Å². The molecule has 0 aliphatic rings. The van der Waals surface area contributed by atoms with Gasteiger partial charge in [0.1, 0.15) is 6.61 Å². The molecule has 1 N–H and O–H groups in total. The summed E-state index contributed by atoms with van der Waals surface area (Å²) < 4.78 is 69.1. The van der Waals surface area contributed by atoms with Gasteiger partial charge in [0.05, 0.1) is 158 Å². The van der Waals surface area contributed by atoms with Crippen LogP contribution in [0, 0.1) is 0 Å². The van der Waals surface area contributed by atoms with E-state index in [-0.39, 0.29) is 26.1 Å². The number of hydrogen-bond acceptors (Lipinski definition) is 16. The fourth-order valence-electron chi connectivity index (χ4n) is 3.05. The van der Waals surface area contributed by atoms with Crippen molar-refractivity contribution >= 4 is 17.7 Å². The van der Waals surface area contributed by atoms with E-state index in [1.165, 1.54) is 0 Å². The molecule has 0 aliphatic carbocycles. The molecule has 0 saturated heterocycles. The number of hydrogen-bond donors (Lipinski definition) is 1. The summed E-state index contributed by atoms with van der Waals surface area (Å²) in [5, 5.41) is 8.44. The third-order valence-corrected chi connectivity index (χ3v) is 5.44. The molecule has 17 heteroatoms. The van der Waals surface area contributed by atoms with Gasteiger partial charge in [-0.25, -0.2) is 4.79 Å². The Morgan fingerprint density at radius 3 is 0.830 bits per heavy atom. The summed E-state index contributed by atoms with van der Waals surface area (Å²) in [7, 11) is 1.64. The number of carbonyl (C=O) groups is 3. The van der Waals surface area contributed by atoms with E-state index in [9.17, 15) is 14.4 Å². The number of ketones is 1. The van der Waals surface area contributed by atoms with Gasteiger partial charge in [0.25, 0.3) is 0 Å². The number of carboxylic acid groups (broad SMARTS) is 1. The van der Waals surface area contributed by atoms with Gasteiger partial charge in [0.15, 0.2) is 0 Å². The lowest BCUT2D eigenvalue weighted by Crippen LogP contribution is -2.17. The van der Waals surface area contributed by atoms with Crippen LogP contribution in [-0.4, -0.2) is 189 Å². The van der Waals surface area contributed by atoms with Crippen molar-refractivity contribution in [2.45, 2.75) is 12.8 Å². The highest BCUT2D eigenvalue weighted by Crippen LogP contribution is 1.95. The molecule has 0 heterocycles. The van der Waals surface area contributed by atoms with E-state index in [2.05, 4.69) is 0 Å². The van der Waals surface area contributed by atoms with Crippen LogP contribution in [0.25, 0.3) is 0 Å². The number of methoxy groups -OCH3 is 1. The quantitative estimate of drug-likeness (QED) is 0.0505. The smallest absolute Gasteiger partial charge is 0.372 e. The highest BCUT2D eigenvalue weighted by Gasteiger charge is 2.14. The summed E-state index contributed by atoms with van der Waals surface area (Å²) in [5.74, 6) is -3.24. The molecule has 0 aromatic carbocycles. The Balaban J connectivity index is 3.11. The molecule has 0 fully saturated rings. The molecule has 0 spiro atoms. The van der Waals surface area contributed by atoms with Crippen molar-refractivity contribution < 1.29 is 81.1 Å². The van der Waals surface area contributed by atoms with Crippen molar-refractivity contribution in [2.75, 3.05) is 166 Å². The lowest BCUT2D eigenvalue weighted by molar-refractivity contribution is -0.151. The monoisotopic (exact) mass is 688 g/mol. The first kappa shape index (κ1) is 45.1. The van der Waals surface area contributed by atoms with Crippen LogP contribution in [0.3, 0.4) is 0 Å². The number of carboxylic acids is 1. The fourth-order valence-corrected chi connectivity index (χ4v) is 3.05. The predicted molar refractivity (Wildman–Crippen MR) is 164 cm³/mol. The van der Waals surface area contributed by atoms with E-state index in [0.717, 1.165) is 0 Å². The van der Waals surface area contributed by atoms with Gasteiger partial charge >= 0.3 is 11.9 Å². The van der Waals surface area contributed by atoms with Gasteiger partial charge in [0, 0.05) is 13.5 Å². The first-order chi connectivity index (χ1) is 23.1. The number of carbonyl (C=O) groups excluding carboxylic acids is 2. The molecule has 47 heavy (non-hydrogen) atoms. The number of Topliss-reactive ketones (excluding diaryl/α,β-unsaturated/α-hetero) is 1. The summed E-state index contributed by atoms with van der Waals surface area (Å²) in [6.07, 6.45) is -0.661. The van der Waals surface area contributed by atoms with E-state index >= 15 is 0 Å². The molecule has 0 rings (SSSR count). The van der Waals surface area contributed by atoms with Gasteiger partial charge < -0.3 is 66.7 Å². The molecule has 0 bridgehead atoms. The van der Waals surface area contributed by atoms with Gasteiger partial charge in [-0.3, -0.25) is 9.59 Å². The predicted octanol–water partition coefficient (Wildman–Crippen LogP) is -0.207. The van der Waals surface area contributed by atoms with Crippen molar-refractivity contribution in [3.05, 3.63) is 0 Å². The zero-order valence-electron chi connectivity index (χ0n) is 27.9. The molecule has 278 valence electrons. The maximum absolute atomic E-state index is 11.4. The maximum atomic E-state index is 11.4. The standard InChI is InChI=1S/C30H56O17/c1-35-4-5-36-6-7-37-8-9-38-10-11-39-12-13-40-14-15-41-16-17-42-18-19-43-20-21-44-22-23-45-24-25-46-26-27-47-29(32)3-2-28(31)30(33)34/h2-27H2,1H3,(H,33,34). The Kier molecular flexibility index (Phi) is 37.0. The van der Waals surface area contributed by atoms with Crippen molar-refractivity contribution in [3.63, 3.8) is 0 Å². The van der Waals surface area contributed by atoms with Crippen molar-refractivity contribution in [3.8, 4) is 0 Å².